The molecule has 1 unspecified atom stereocenters. The number of aromatic nitrogens is 2. The predicted octanol–water partition coefficient (Wildman–Crippen LogP) is 3.31. The van der Waals surface area contributed by atoms with Crippen LogP contribution < -0.4 is 5.14 Å². The molecule has 0 spiro atoms. The van der Waals surface area contributed by atoms with E-state index >= 15 is 0 Å². The zero-order valence-corrected chi connectivity index (χ0v) is 15.1. The van der Waals surface area contributed by atoms with Gasteiger partial charge in [0.1, 0.15) is 9.92 Å². The van der Waals surface area contributed by atoms with E-state index < -0.39 is 24.0 Å². The van der Waals surface area contributed by atoms with E-state index in [1.807, 2.05) is 47.7 Å². The van der Waals surface area contributed by atoms with Crippen molar-refractivity contribution in [3.63, 3.8) is 0 Å². The van der Waals surface area contributed by atoms with Gasteiger partial charge < -0.3 is 0 Å². The highest BCUT2D eigenvalue weighted by atomic mass is 32.2. The molecule has 116 valence electrons. The molecular weight excluding hydrogens is 295 g/mol. The summed E-state index contributed by atoms with van der Waals surface area (Å²) in [7, 11) is -5.57. The molecule has 0 saturated heterocycles. The number of nitrogens with two attached hydrogens (primary N) is 1. The van der Waals surface area contributed by atoms with Gasteiger partial charge in [-0.25, -0.2) is 13.7 Å². The van der Waals surface area contributed by atoms with E-state index in [1.54, 1.807) is 0 Å². The highest BCUT2D eigenvalue weighted by Crippen LogP contribution is 2.37. The minimum atomic E-state index is -3.31. The maximum absolute atomic E-state index is 14.0. The molecule has 2 N–H and O–H groups in total. The van der Waals surface area contributed by atoms with Crippen molar-refractivity contribution in [3.8, 4) is 0 Å². The summed E-state index contributed by atoms with van der Waals surface area (Å²) in [6.45, 7) is 13.7. The number of halogens is 1. The van der Waals surface area contributed by atoms with Gasteiger partial charge in [0.25, 0.3) is 0 Å². The van der Waals surface area contributed by atoms with Gasteiger partial charge in [0, 0.05) is 6.04 Å². The molecule has 20 heavy (non-hydrogen) atoms. The second-order valence-corrected chi connectivity index (χ2v) is 13.7. The van der Waals surface area contributed by atoms with E-state index in [2.05, 4.69) is 9.13 Å². The van der Waals surface area contributed by atoms with E-state index in [0.717, 1.165) is 0 Å². The van der Waals surface area contributed by atoms with Gasteiger partial charge in [-0.3, -0.25) is 8.71 Å². The van der Waals surface area contributed by atoms with Crippen LogP contribution in [0.25, 0.3) is 0 Å². The molecule has 8 heteroatoms. The van der Waals surface area contributed by atoms with E-state index in [1.165, 1.54) is 10.9 Å². The monoisotopic (exact) mass is 320 g/mol. The van der Waals surface area contributed by atoms with E-state index in [4.69, 9.17) is 5.14 Å². The third kappa shape index (κ3) is 3.47. The normalized spacial score (nSPS) is 16.3. The first-order valence-electron chi connectivity index (χ1n) is 6.59. The van der Waals surface area contributed by atoms with Crippen LogP contribution in [0.1, 0.15) is 40.7 Å². The Balaban J connectivity index is 3.41. The van der Waals surface area contributed by atoms with Crippen LogP contribution in [0.2, 0.25) is 18.1 Å². The smallest absolute Gasteiger partial charge is 0.206 e. The molecule has 1 heterocycles. The zero-order chi connectivity index (χ0) is 15.9. The molecule has 1 rings (SSSR count). The Morgan fingerprint density at radius 3 is 2.30 bits per heavy atom. The van der Waals surface area contributed by atoms with Crippen molar-refractivity contribution in [2.45, 2.75) is 63.8 Å². The van der Waals surface area contributed by atoms with Gasteiger partial charge in [-0.15, -0.1) is 0 Å². The van der Waals surface area contributed by atoms with E-state index in [0.29, 0.717) is 0 Å². The minimum absolute atomic E-state index is 0.0266. The fourth-order valence-electron chi connectivity index (χ4n) is 1.33. The first-order chi connectivity index (χ1) is 8.78. The molecule has 1 aromatic rings. The van der Waals surface area contributed by atoms with Gasteiger partial charge >= 0.3 is 0 Å². The van der Waals surface area contributed by atoms with Crippen molar-refractivity contribution < 1.29 is 8.60 Å². The maximum Gasteiger partial charge on any atom is 0.206 e. The molecule has 1 atom stereocenters. The highest BCUT2D eigenvalue weighted by molar-refractivity contribution is 7.92. The van der Waals surface area contributed by atoms with Gasteiger partial charge in [0.2, 0.25) is 5.03 Å². The predicted molar refractivity (Wildman–Crippen MR) is 82.8 cm³/mol. The number of rotatable bonds is 3. The van der Waals surface area contributed by atoms with Crippen molar-refractivity contribution in [3.05, 3.63) is 12.0 Å². The number of nitrogens with zero attached hydrogens (tertiary/aromatic N) is 3. The number of hydrogen-bond acceptors (Lipinski definition) is 3. The van der Waals surface area contributed by atoms with E-state index in [-0.39, 0.29) is 16.1 Å². The summed E-state index contributed by atoms with van der Waals surface area (Å²) in [6.07, 6.45) is 1.22. The lowest BCUT2D eigenvalue weighted by Crippen LogP contribution is -2.37. The average Bonchev–Trinajstić information content (AvgIpc) is 2.57. The summed E-state index contributed by atoms with van der Waals surface area (Å²) < 4.78 is 32.3. The van der Waals surface area contributed by atoms with Gasteiger partial charge in [-0.05, 0) is 32.0 Å². The molecule has 1 aromatic heterocycles. The summed E-state index contributed by atoms with van der Waals surface area (Å²) >= 11 is 0. The van der Waals surface area contributed by atoms with Crippen LogP contribution in [-0.4, -0.2) is 22.2 Å². The molecule has 0 saturated carbocycles. The van der Waals surface area contributed by atoms with E-state index in [9.17, 15) is 8.60 Å². The van der Waals surface area contributed by atoms with Crippen LogP contribution in [0, 0.1) is 5.82 Å². The first-order valence-corrected chi connectivity index (χ1v) is 11.1. The Bertz CT molecular complexity index is 609. The van der Waals surface area contributed by atoms with Gasteiger partial charge in [0.05, 0.1) is 6.20 Å². The summed E-state index contributed by atoms with van der Waals surface area (Å²) in [4.78, 5) is 0. The molecule has 0 radical (unpaired) electrons. The Kier molecular flexibility index (Phi) is 4.53. The SMILES string of the molecule is CC(C)n1cc(F)c(S(N)(=O)=N[Si](C)(C)C(C)(C)C)n1. The second kappa shape index (κ2) is 5.23. The quantitative estimate of drug-likeness (QED) is 0.868. The average molecular weight is 321 g/mol. The lowest BCUT2D eigenvalue weighted by molar-refractivity contribution is 0.519. The highest BCUT2D eigenvalue weighted by Gasteiger charge is 2.38. The van der Waals surface area contributed by atoms with Crippen molar-refractivity contribution in [1.29, 1.82) is 0 Å². The lowest BCUT2D eigenvalue weighted by Gasteiger charge is -2.32. The summed E-state index contributed by atoms with van der Waals surface area (Å²) in [5, 5.41) is 9.47. The van der Waals surface area contributed by atoms with Crippen molar-refractivity contribution in [2.24, 2.45) is 9.17 Å². The van der Waals surface area contributed by atoms with Crippen LogP contribution >= 0.6 is 0 Å². The summed E-state index contributed by atoms with van der Waals surface area (Å²) in [5.41, 5.74) is 0. The van der Waals surface area contributed by atoms with Gasteiger partial charge in [-0.1, -0.05) is 20.8 Å². The fourth-order valence-corrected chi connectivity index (χ4v) is 6.03. The molecule has 0 aliphatic rings. The maximum atomic E-state index is 14.0. The Labute approximate surface area is 122 Å². The lowest BCUT2D eigenvalue weighted by atomic mass is 10.2. The molecule has 0 fully saturated rings. The van der Waals surface area contributed by atoms with Crippen molar-refractivity contribution in [1.82, 2.24) is 9.78 Å². The second-order valence-electron chi connectivity index (χ2n) is 6.82. The van der Waals surface area contributed by atoms with Gasteiger partial charge in [0.15, 0.2) is 14.1 Å². The van der Waals surface area contributed by atoms with Crippen LogP contribution in [-0.2, 0) is 9.92 Å². The fraction of sp³-hybridized carbons (Fsp3) is 0.750. The standard InChI is InChI=1S/C12H25FN4OSSi/c1-9(2)17-8-10(13)11(15-17)19(14,18)16-20(6,7)12(3,4)5/h8-9H,1-7H3,(H2,14,16,18). The molecule has 0 amide bonds. The van der Waals surface area contributed by atoms with Gasteiger partial charge in [-0.2, -0.15) is 5.10 Å². The molecule has 0 bridgehead atoms. The molecule has 0 aliphatic heterocycles. The summed E-state index contributed by atoms with van der Waals surface area (Å²) in [5.74, 6) is -0.659. The largest absolute Gasteiger partial charge is 0.266 e. The Morgan fingerprint density at radius 1 is 1.45 bits per heavy atom. The zero-order valence-electron chi connectivity index (χ0n) is 13.3. The third-order valence-corrected chi connectivity index (χ3v) is 11.1. The topological polar surface area (TPSA) is 73.3 Å². The van der Waals surface area contributed by atoms with Crippen LogP contribution in [0.5, 0.6) is 0 Å². The molecule has 0 aromatic carbocycles. The van der Waals surface area contributed by atoms with Crippen LogP contribution in [0.3, 0.4) is 0 Å². The molecular formula is C12H25FN4OSSi. The molecule has 5 nitrogen and oxygen atoms in total. The summed E-state index contributed by atoms with van der Waals surface area (Å²) in [6, 6.07) is -0.0266. The van der Waals surface area contributed by atoms with Crippen LogP contribution in [0.15, 0.2) is 15.3 Å². The van der Waals surface area contributed by atoms with Crippen molar-refractivity contribution >= 4 is 18.2 Å². The van der Waals surface area contributed by atoms with Crippen molar-refractivity contribution in [2.75, 3.05) is 0 Å². The minimum Gasteiger partial charge on any atom is -0.266 e. The first kappa shape index (κ1) is 17.3. The Hall–Kier alpha value is -0.733. The molecule has 0 aliphatic carbocycles. The Morgan fingerprint density at radius 2 is 1.95 bits per heavy atom. The third-order valence-electron chi connectivity index (χ3n) is 3.66. The number of hydrogen-bond donors (Lipinski definition) is 1. The van der Waals surface area contributed by atoms with Crippen LogP contribution in [0.4, 0.5) is 4.39 Å².